The van der Waals surface area contributed by atoms with E-state index in [0.717, 1.165) is 0 Å². The van der Waals surface area contributed by atoms with Gasteiger partial charge in [-0.2, -0.15) is 5.26 Å². The topological polar surface area (TPSA) is 53.3 Å². The fourth-order valence-corrected chi connectivity index (χ4v) is 3.09. The van der Waals surface area contributed by atoms with E-state index in [1.54, 1.807) is 16.7 Å². The van der Waals surface area contributed by atoms with Crippen LogP contribution in [0.2, 0.25) is 0 Å². The number of carbonyl (C=O) groups is 1. The van der Waals surface area contributed by atoms with Crippen molar-refractivity contribution in [2.75, 3.05) is 26.5 Å². The van der Waals surface area contributed by atoms with Gasteiger partial charge in [0.1, 0.15) is 4.75 Å². The Kier molecular flexibility index (Phi) is 4.73. The van der Waals surface area contributed by atoms with E-state index in [9.17, 15) is 14.4 Å². The summed E-state index contributed by atoms with van der Waals surface area (Å²) in [6, 6.07) is 6.46. The minimum Gasteiger partial charge on any atom is -0.494 e. The maximum atomic E-state index is 13.4. The summed E-state index contributed by atoms with van der Waals surface area (Å²) < 4.78 is 17.9. The van der Waals surface area contributed by atoms with Crippen molar-refractivity contribution >= 4 is 17.7 Å². The van der Waals surface area contributed by atoms with Crippen LogP contribution in [0, 0.1) is 17.1 Å². The van der Waals surface area contributed by atoms with Crippen LogP contribution in [0.15, 0.2) is 18.2 Å². The van der Waals surface area contributed by atoms with Crippen LogP contribution in [-0.2, 0) is 0 Å². The number of thioether (sulfide) groups is 1. The Morgan fingerprint density at radius 1 is 1.48 bits per heavy atom. The number of benzene rings is 1. The molecule has 0 saturated carbocycles. The molecule has 1 fully saturated rings. The second kappa shape index (κ2) is 6.35. The van der Waals surface area contributed by atoms with Crippen molar-refractivity contribution in [3.05, 3.63) is 29.6 Å². The molecule has 1 aromatic rings. The average Bonchev–Trinajstić information content (AvgIpc) is 2.54. The van der Waals surface area contributed by atoms with Crippen molar-refractivity contribution < 1.29 is 13.9 Å². The van der Waals surface area contributed by atoms with Crippen molar-refractivity contribution in [2.24, 2.45) is 0 Å². The second-order valence-corrected chi connectivity index (χ2v) is 6.14. The molecule has 1 aromatic carbocycles. The summed E-state index contributed by atoms with van der Waals surface area (Å²) >= 11 is 1.54. The zero-order valence-electron chi connectivity index (χ0n) is 12.1. The quantitative estimate of drug-likeness (QED) is 0.861. The Morgan fingerprint density at radius 3 is 2.67 bits per heavy atom. The number of rotatable bonds is 3. The monoisotopic (exact) mass is 308 g/mol. The van der Waals surface area contributed by atoms with Crippen molar-refractivity contribution in [3.8, 4) is 11.8 Å². The van der Waals surface area contributed by atoms with E-state index in [4.69, 9.17) is 4.74 Å². The zero-order chi connectivity index (χ0) is 15.5. The number of carbonyl (C=O) groups excluding carboxylic acids is 1. The third kappa shape index (κ3) is 3.13. The van der Waals surface area contributed by atoms with Gasteiger partial charge in [0.15, 0.2) is 11.6 Å². The largest absolute Gasteiger partial charge is 0.494 e. The summed E-state index contributed by atoms with van der Waals surface area (Å²) in [4.78, 5) is 14.1. The van der Waals surface area contributed by atoms with Crippen LogP contribution in [0.25, 0.3) is 0 Å². The van der Waals surface area contributed by atoms with Crippen molar-refractivity contribution in [2.45, 2.75) is 17.6 Å². The number of nitrogens with zero attached hydrogens (tertiary/aromatic N) is 2. The van der Waals surface area contributed by atoms with Gasteiger partial charge in [-0.1, -0.05) is 0 Å². The van der Waals surface area contributed by atoms with Crippen LogP contribution in [0.5, 0.6) is 5.75 Å². The van der Waals surface area contributed by atoms with E-state index in [-0.39, 0.29) is 11.7 Å². The van der Waals surface area contributed by atoms with E-state index < -0.39 is 10.6 Å². The summed E-state index contributed by atoms with van der Waals surface area (Å²) in [6.07, 6.45) is 3.22. The Balaban J connectivity index is 2.11. The lowest BCUT2D eigenvalue weighted by atomic mass is 9.96. The van der Waals surface area contributed by atoms with Crippen LogP contribution in [-0.4, -0.2) is 42.0 Å². The third-order valence-electron chi connectivity index (χ3n) is 3.85. The second-order valence-electron chi connectivity index (χ2n) is 4.95. The molecule has 1 amide bonds. The highest BCUT2D eigenvalue weighted by Crippen LogP contribution is 2.34. The molecule has 0 bridgehead atoms. The van der Waals surface area contributed by atoms with Crippen LogP contribution >= 0.6 is 11.8 Å². The summed E-state index contributed by atoms with van der Waals surface area (Å²) in [5.74, 6) is -0.576. The number of ether oxygens (including phenoxy) is 1. The predicted octanol–water partition coefficient (Wildman–Crippen LogP) is 2.70. The first-order valence-electron chi connectivity index (χ1n) is 6.64. The van der Waals surface area contributed by atoms with Gasteiger partial charge in [0.05, 0.1) is 13.2 Å². The minimum atomic E-state index is -0.487. The summed E-state index contributed by atoms with van der Waals surface area (Å²) in [5, 5.41) is 9.25. The minimum absolute atomic E-state index is 0.0633. The maximum Gasteiger partial charge on any atom is 0.253 e. The fourth-order valence-electron chi connectivity index (χ4n) is 2.41. The third-order valence-corrected chi connectivity index (χ3v) is 5.13. The zero-order valence-corrected chi connectivity index (χ0v) is 12.9. The van der Waals surface area contributed by atoms with Gasteiger partial charge in [-0.15, -0.1) is 11.8 Å². The fraction of sp³-hybridized carbons (Fsp3) is 0.467. The summed E-state index contributed by atoms with van der Waals surface area (Å²) in [6.45, 7) is 1.07. The van der Waals surface area contributed by atoms with Crippen molar-refractivity contribution in [1.82, 2.24) is 4.90 Å². The molecular weight excluding hydrogens is 291 g/mol. The molecule has 2 rings (SSSR count). The molecular formula is C15H17FN2O2S. The van der Waals surface area contributed by atoms with Gasteiger partial charge in [0, 0.05) is 18.7 Å². The molecule has 0 N–H and O–H groups in total. The standard InChI is InChI=1S/C15H17FN2O2S/c1-20-13-9-11(3-4-12(13)16)14(19)18-7-5-15(10-17,21-2)6-8-18/h3-4,9H,5-8H2,1-2H3. The van der Waals surface area contributed by atoms with Gasteiger partial charge < -0.3 is 9.64 Å². The lowest BCUT2D eigenvalue weighted by Gasteiger charge is -2.36. The molecule has 0 aromatic heterocycles. The van der Waals surface area contributed by atoms with E-state index in [1.807, 2.05) is 6.26 Å². The Morgan fingerprint density at radius 2 is 2.14 bits per heavy atom. The molecule has 1 aliphatic heterocycles. The van der Waals surface area contributed by atoms with E-state index in [0.29, 0.717) is 31.5 Å². The Hall–Kier alpha value is -1.74. The molecule has 1 saturated heterocycles. The molecule has 1 aliphatic rings. The van der Waals surface area contributed by atoms with E-state index >= 15 is 0 Å². The lowest BCUT2D eigenvalue weighted by Crippen LogP contribution is -2.44. The first-order valence-corrected chi connectivity index (χ1v) is 7.87. The smallest absolute Gasteiger partial charge is 0.253 e. The first-order chi connectivity index (χ1) is 10.0. The highest BCUT2D eigenvalue weighted by atomic mass is 32.2. The molecule has 112 valence electrons. The first kappa shape index (κ1) is 15.6. The van der Waals surface area contributed by atoms with Gasteiger partial charge in [-0.25, -0.2) is 4.39 Å². The highest BCUT2D eigenvalue weighted by Gasteiger charge is 2.35. The summed E-state index contributed by atoms with van der Waals surface area (Å²) in [7, 11) is 1.37. The highest BCUT2D eigenvalue weighted by molar-refractivity contribution is 8.00. The van der Waals surface area contributed by atoms with Crippen molar-refractivity contribution in [1.29, 1.82) is 5.26 Å². The molecule has 21 heavy (non-hydrogen) atoms. The van der Waals surface area contributed by atoms with Gasteiger partial charge in [-0.3, -0.25) is 4.79 Å². The number of halogens is 1. The van der Waals surface area contributed by atoms with E-state index in [2.05, 4.69) is 6.07 Å². The van der Waals surface area contributed by atoms with Gasteiger partial charge in [-0.05, 0) is 37.3 Å². The lowest BCUT2D eigenvalue weighted by molar-refractivity contribution is 0.0716. The molecule has 0 radical (unpaired) electrons. The summed E-state index contributed by atoms with van der Waals surface area (Å²) in [5.41, 5.74) is 0.404. The number of hydrogen-bond donors (Lipinski definition) is 0. The van der Waals surface area contributed by atoms with Crippen LogP contribution in [0.4, 0.5) is 4.39 Å². The van der Waals surface area contributed by atoms with Crippen LogP contribution in [0.1, 0.15) is 23.2 Å². The number of likely N-dealkylation sites (tertiary alicyclic amines) is 1. The number of nitriles is 1. The normalized spacial score (nSPS) is 17.1. The van der Waals surface area contributed by atoms with E-state index in [1.165, 1.54) is 25.3 Å². The molecule has 6 heteroatoms. The average molecular weight is 308 g/mol. The van der Waals surface area contributed by atoms with Crippen molar-refractivity contribution in [3.63, 3.8) is 0 Å². The van der Waals surface area contributed by atoms with Crippen LogP contribution < -0.4 is 4.74 Å². The number of piperidine rings is 1. The Labute approximate surface area is 127 Å². The number of amides is 1. The predicted molar refractivity (Wildman–Crippen MR) is 79.9 cm³/mol. The molecule has 0 atom stereocenters. The van der Waals surface area contributed by atoms with Gasteiger partial charge in [0.25, 0.3) is 5.91 Å². The molecule has 1 heterocycles. The molecule has 0 spiro atoms. The van der Waals surface area contributed by atoms with Gasteiger partial charge >= 0.3 is 0 Å². The van der Waals surface area contributed by atoms with Gasteiger partial charge in [0.2, 0.25) is 0 Å². The SMILES string of the molecule is COc1cc(C(=O)N2CCC(C#N)(SC)CC2)ccc1F. The number of hydrogen-bond acceptors (Lipinski definition) is 4. The molecule has 4 nitrogen and oxygen atoms in total. The maximum absolute atomic E-state index is 13.4. The molecule has 0 unspecified atom stereocenters. The molecule has 0 aliphatic carbocycles. The van der Waals surface area contributed by atoms with Crippen LogP contribution in [0.3, 0.4) is 0 Å². The number of methoxy groups -OCH3 is 1. The Bertz CT molecular complexity index is 578.